The van der Waals surface area contributed by atoms with Crippen molar-refractivity contribution in [2.75, 3.05) is 0 Å². The highest BCUT2D eigenvalue weighted by Gasteiger charge is 2.32. The van der Waals surface area contributed by atoms with Crippen LogP contribution in [0.25, 0.3) is 87.6 Å². The molecule has 0 saturated carbocycles. The van der Waals surface area contributed by atoms with Crippen LogP contribution in [0.5, 0.6) is 0 Å². The minimum Gasteiger partial charge on any atom is -0.0622 e. The van der Waals surface area contributed by atoms with Crippen LogP contribution in [0.15, 0.2) is 182 Å². The van der Waals surface area contributed by atoms with Crippen LogP contribution in [0.3, 0.4) is 0 Å². The van der Waals surface area contributed by atoms with Crippen molar-refractivity contribution in [3.8, 4) is 44.5 Å². The first-order valence-electron chi connectivity index (χ1n) is 22.3. The molecule has 0 radical (unpaired) electrons. The van der Waals surface area contributed by atoms with Gasteiger partial charge in [-0.25, -0.2) is 0 Å². The van der Waals surface area contributed by atoms with E-state index in [2.05, 4.69) is 224 Å². The molecule has 10 aromatic rings. The predicted molar refractivity (Wildman–Crippen MR) is 268 cm³/mol. The van der Waals surface area contributed by atoms with Gasteiger partial charge in [0.1, 0.15) is 0 Å². The Hall–Kier alpha value is -6.76. The van der Waals surface area contributed by atoms with E-state index in [1.807, 2.05) is 0 Å². The van der Waals surface area contributed by atoms with Crippen LogP contribution in [-0.4, -0.2) is 0 Å². The van der Waals surface area contributed by atoms with Gasteiger partial charge in [-0.05, 0) is 169 Å². The minimum atomic E-state index is 0.0584. The highest BCUT2D eigenvalue weighted by atomic mass is 14.3. The lowest BCUT2D eigenvalue weighted by Crippen LogP contribution is -2.15. The van der Waals surface area contributed by atoms with E-state index < -0.39 is 0 Å². The second-order valence-electron chi connectivity index (χ2n) is 19.6. The number of hydrogen-bond acceptors (Lipinski definition) is 0. The Morgan fingerprint density at radius 3 is 0.774 bits per heavy atom. The number of benzene rings is 10. The van der Waals surface area contributed by atoms with Gasteiger partial charge in [-0.15, -0.1) is 0 Å². The first kappa shape index (κ1) is 38.2. The summed E-state index contributed by atoms with van der Waals surface area (Å²) >= 11 is 0. The molecular formula is C62H52. The predicted octanol–water partition coefficient (Wildman–Crippen LogP) is 17.1. The van der Waals surface area contributed by atoms with Crippen molar-refractivity contribution in [1.82, 2.24) is 0 Å². The molecule has 0 amide bonds. The summed E-state index contributed by atoms with van der Waals surface area (Å²) in [4.78, 5) is 0. The van der Waals surface area contributed by atoms with E-state index in [0.29, 0.717) is 0 Å². The molecule has 0 nitrogen and oxygen atoms in total. The van der Waals surface area contributed by atoms with E-state index in [1.165, 1.54) is 121 Å². The summed E-state index contributed by atoms with van der Waals surface area (Å²) in [6, 6.07) is 69.2. The van der Waals surface area contributed by atoms with E-state index in [1.54, 1.807) is 0 Å². The average molecular weight is 797 g/mol. The summed E-state index contributed by atoms with van der Waals surface area (Å²) in [5.74, 6) is 0. The smallest absolute Gasteiger partial charge is 0.000685 e. The van der Waals surface area contributed by atoms with Gasteiger partial charge in [0.15, 0.2) is 0 Å². The van der Waals surface area contributed by atoms with Crippen molar-refractivity contribution in [2.24, 2.45) is 0 Å². The molecule has 300 valence electrons. The summed E-state index contributed by atoms with van der Waals surface area (Å²) < 4.78 is 0. The molecule has 0 saturated heterocycles. The van der Waals surface area contributed by atoms with Crippen molar-refractivity contribution < 1.29 is 0 Å². The fourth-order valence-corrected chi connectivity index (χ4v) is 10.5. The van der Waals surface area contributed by atoms with E-state index in [0.717, 1.165) is 12.8 Å². The van der Waals surface area contributed by atoms with Crippen LogP contribution < -0.4 is 0 Å². The monoisotopic (exact) mass is 796 g/mol. The van der Waals surface area contributed by atoms with Crippen molar-refractivity contribution in [3.05, 3.63) is 215 Å². The highest BCUT2D eigenvalue weighted by molar-refractivity contribution is 6.16. The second-order valence-corrected chi connectivity index (χ2v) is 19.6. The van der Waals surface area contributed by atoms with Gasteiger partial charge in [-0.2, -0.15) is 0 Å². The quantitative estimate of drug-likeness (QED) is 0.156. The second kappa shape index (κ2) is 14.4. The molecule has 0 aromatic heterocycles. The van der Waals surface area contributed by atoms with E-state index in [9.17, 15) is 0 Å². The molecule has 0 N–H and O–H groups in total. The minimum absolute atomic E-state index is 0.0584. The first-order valence-corrected chi connectivity index (χ1v) is 22.3. The molecule has 0 spiro atoms. The van der Waals surface area contributed by atoms with Crippen LogP contribution in [-0.2, 0) is 23.7 Å². The van der Waals surface area contributed by atoms with Crippen LogP contribution >= 0.6 is 0 Å². The number of hydrogen-bond donors (Lipinski definition) is 0. The molecular weight excluding hydrogens is 745 g/mol. The molecule has 0 fully saturated rings. The average Bonchev–Trinajstić information content (AvgIpc) is 3.28. The van der Waals surface area contributed by atoms with Gasteiger partial charge in [0, 0.05) is 0 Å². The summed E-state index contributed by atoms with van der Waals surface area (Å²) in [5, 5.41) is 10.4. The van der Waals surface area contributed by atoms with Crippen molar-refractivity contribution in [1.29, 1.82) is 0 Å². The molecule has 1 aliphatic carbocycles. The molecule has 11 rings (SSSR count). The lowest BCUT2D eigenvalue weighted by Gasteiger charge is -2.32. The fourth-order valence-electron chi connectivity index (χ4n) is 10.5. The summed E-state index contributed by atoms with van der Waals surface area (Å²) in [5.41, 5.74) is 19.1. The third kappa shape index (κ3) is 6.35. The van der Waals surface area contributed by atoms with Gasteiger partial charge in [0.25, 0.3) is 0 Å². The van der Waals surface area contributed by atoms with Gasteiger partial charge in [0.2, 0.25) is 0 Å². The zero-order chi connectivity index (χ0) is 42.3. The van der Waals surface area contributed by atoms with Crippen molar-refractivity contribution in [2.45, 2.75) is 65.2 Å². The standard InChI is InChI=1S/C62H52/c1-61(2,3)47-29-25-41(26-30-47)59-51-35-45-23-15-13-21-43(45)33-49(51)57(39-17-9-7-10-18-39)53-37-54-56(38-55(53)59)60(42-27-31-48(32-28-42)62(4,5)6)52-36-46-24-16-14-22-44(46)34-50(52)58(54)40-19-11-8-12-20-40/h7-36H,37-38H2,1-6H3. The third-order valence-corrected chi connectivity index (χ3v) is 13.7. The van der Waals surface area contributed by atoms with Gasteiger partial charge in [-0.3, -0.25) is 0 Å². The lowest BCUT2D eigenvalue weighted by atomic mass is 9.71. The largest absolute Gasteiger partial charge is 0.0622 e. The summed E-state index contributed by atoms with van der Waals surface area (Å²) in [7, 11) is 0. The fraction of sp³-hybridized carbons (Fsp3) is 0.161. The van der Waals surface area contributed by atoms with Crippen LogP contribution in [0.4, 0.5) is 0 Å². The van der Waals surface area contributed by atoms with Crippen LogP contribution in [0, 0.1) is 0 Å². The van der Waals surface area contributed by atoms with E-state index in [-0.39, 0.29) is 10.8 Å². The lowest BCUT2D eigenvalue weighted by molar-refractivity contribution is 0.590. The van der Waals surface area contributed by atoms with Crippen LogP contribution in [0.1, 0.15) is 74.9 Å². The van der Waals surface area contributed by atoms with Gasteiger partial charge in [0.05, 0.1) is 0 Å². The Labute approximate surface area is 366 Å². The Bertz CT molecular complexity index is 3130. The van der Waals surface area contributed by atoms with Gasteiger partial charge >= 0.3 is 0 Å². The number of rotatable bonds is 4. The SMILES string of the molecule is CC(C)(C)c1ccc(-c2c3c(c(-c4ccccc4)c4cc5ccccc5cc24)Cc2c(c(-c4ccc(C(C)(C)C)cc4)c4cc5ccccc5cc4c2-c2ccccc2)C3)cc1. The number of fused-ring (bicyclic) bond motifs is 6. The summed E-state index contributed by atoms with van der Waals surface area (Å²) in [6.07, 6.45) is 1.65. The summed E-state index contributed by atoms with van der Waals surface area (Å²) in [6.45, 7) is 13.9. The van der Waals surface area contributed by atoms with Crippen molar-refractivity contribution in [3.63, 3.8) is 0 Å². The molecule has 0 aliphatic heterocycles. The first-order chi connectivity index (χ1) is 30.0. The van der Waals surface area contributed by atoms with Gasteiger partial charge < -0.3 is 0 Å². The molecule has 0 unspecified atom stereocenters. The van der Waals surface area contributed by atoms with E-state index >= 15 is 0 Å². The molecule has 1 aliphatic rings. The Balaban J connectivity index is 1.31. The van der Waals surface area contributed by atoms with Crippen molar-refractivity contribution >= 4 is 43.1 Å². The Kier molecular flexibility index (Phi) is 8.88. The molecule has 0 bridgehead atoms. The third-order valence-electron chi connectivity index (χ3n) is 13.7. The maximum Gasteiger partial charge on any atom is -0.000685 e. The topological polar surface area (TPSA) is 0 Å². The molecule has 10 aromatic carbocycles. The Morgan fingerprint density at radius 2 is 0.516 bits per heavy atom. The maximum absolute atomic E-state index is 2.48. The van der Waals surface area contributed by atoms with Crippen LogP contribution in [0.2, 0.25) is 0 Å². The molecule has 62 heavy (non-hydrogen) atoms. The molecule has 0 atom stereocenters. The zero-order valence-electron chi connectivity index (χ0n) is 36.7. The molecule has 0 heteroatoms. The van der Waals surface area contributed by atoms with Gasteiger partial charge in [-0.1, -0.05) is 199 Å². The maximum atomic E-state index is 2.48. The highest BCUT2D eigenvalue weighted by Crippen LogP contribution is 2.52. The zero-order valence-corrected chi connectivity index (χ0v) is 36.7. The Morgan fingerprint density at radius 1 is 0.274 bits per heavy atom. The van der Waals surface area contributed by atoms with E-state index in [4.69, 9.17) is 0 Å². The normalized spacial score (nSPS) is 12.9. The molecule has 0 heterocycles.